The van der Waals surface area contributed by atoms with E-state index in [1.807, 2.05) is 0 Å². The van der Waals surface area contributed by atoms with E-state index in [-0.39, 0.29) is 11.4 Å². The Morgan fingerprint density at radius 3 is 2.29 bits per heavy atom. The number of pyridine rings is 1. The van der Waals surface area contributed by atoms with Crippen LogP contribution in [0.5, 0.6) is 0 Å². The Kier molecular flexibility index (Phi) is 2.75. The summed E-state index contributed by atoms with van der Waals surface area (Å²) >= 11 is 0. The molecule has 0 aliphatic carbocycles. The molecule has 2 aromatic rings. The third-order valence-electron chi connectivity index (χ3n) is 2.33. The lowest BCUT2D eigenvalue weighted by atomic mass is 10.0. The Bertz CT molecular complexity index is 518. The van der Waals surface area contributed by atoms with Gasteiger partial charge in [-0.05, 0) is 23.8 Å². The predicted molar refractivity (Wildman–Crippen MR) is 59.1 cm³/mol. The fourth-order valence-corrected chi connectivity index (χ4v) is 1.55. The van der Waals surface area contributed by atoms with E-state index in [9.17, 15) is 13.2 Å². The van der Waals surface area contributed by atoms with Crippen LogP contribution < -0.4 is 5.73 Å². The molecule has 0 saturated heterocycles. The summed E-state index contributed by atoms with van der Waals surface area (Å²) in [4.78, 5) is 3.79. The number of anilines is 1. The molecule has 0 fully saturated rings. The van der Waals surface area contributed by atoms with E-state index in [0.29, 0.717) is 5.56 Å². The maximum atomic E-state index is 12.8. The molecule has 0 bridgehead atoms. The van der Waals surface area contributed by atoms with Crippen molar-refractivity contribution in [3.05, 3.63) is 48.2 Å². The Hall–Kier alpha value is -2.04. The molecular weight excluding hydrogens is 229 g/mol. The van der Waals surface area contributed by atoms with Gasteiger partial charge in [0.25, 0.3) is 0 Å². The quantitative estimate of drug-likeness (QED) is 0.827. The summed E-state index contributed by atoms with van der Waals surface area (Å²) in [6.45, 7) is 0. The first-order valence-electron chi connectivity index (χ1n) is 4.86. The first-order chi connectivity index (χ1) is 7.98. The fraction of sp³-hybridized carbons (Fsp3) is 0.0833. The van der Waals surface area contributed by atoms with Gasteiger partial charge in [0.1, 0.15) is 5.82 Å². The molecule has 17 heavy (non-hydrogen) atoms. The third kappa shape index (κ3) is 2.38. The zero-order chi connectivity index (χ0) is 12.5. The van der Waals surface area contributed by atoms with Gasteiger partial charge in [0, 0.05) is 11.8 Å². The summed E-state index contributed by atoms with van der Waals surface area (Å²) < 4.78 is 38.3. The highest BCUT2D eigenvalue weighted by atomic mass is 19.4. The van der Waals surface area contributed by atoms with Crippen molar-refractivity contribution < 1.29 is 13.2 Å². The minimum Gasteiger partial charge on any atom is -0.384 e. The van der Waals surface area contributed by atoms with Gasteiger partial charge in [0.05, 0.1) is 5.56 Å². The highest BCUT2D eigenvalue weighted by Crippen LogP contribution is 2.36. The number of hydrogen-bond acceptors (Lipinski definition) is 2. The van der Waals surface area contributed by atoms with Crippen molar-refractivity contribution in [2.45, 2.75) is 6.18 Å². The Morgan fingerprint density at radius 1 is 1.00 bits per heavy atom. The summed E-state index contributed by atoms with van der Waals surface area (Å²) in [6, 6.07) is 8.37. The summed E-state index contributed by atoms with van der Waals surface area (Å²) in [5.74, 6) is 0.276. The molecule has 1 aromatic heterocycles. The lowest BCUT2D eigenvalue weighted by molar-refractivity contribution is -0.137. The smallest absolute Gasteiger partial charge is 0.384 e. The maximum Gasteiger partial charge on any atom is 0.417 e. The molecule has 88 valence electrons. The van der Waals surface area contributed by atoms with Crippen LogP contribution in [-0.2, 0) is 6.18 Å². The maximum absolute atomic E-state index is 12.8. The SMILES string of the molecule is Nc1ccc(-c2ccccc2C(F)(F)F)cn1. The van der Waals surface area contributed by atoms with Crippen LogP contribution >= 0.6 is 0 Å². The van der Waals surface area contributed by atoms with E-state index in [1.165, 1.54) is 30.5 Å². The predicted octanol–water partition coefficient (Wildman–Crippen LogP) is 3.35. The number of aromatic nitrogens is 1. The minimum absolute atomic E-state index is 0.104. The van der Waals surface area contributed by atoms with E-state index in [4.69, 9.17) is 5.73 Å². The third-order valence-corrected chi connectivity index (χ3v) is 2.33. The van der Waals surface area contributed by atoms with Crippen LogP contribution in [0.4, 0.5) is 19.0 Å². The molecular formula is C12H9F3N2. The average Bonchev–Trinajstić information content (AvgIpc) is 2.29. The number of nitrogens with zero attached hydrogens (tertiary/aromatic N) is 1. The largest absolute Gasteiger partial charge is 0.417 e. The van der Waals surface area contributed by atoms with Crippen LogP contribution in [0.1, 0.15) is 5.56 Å². The van der Waals surface area contributed by atoms with Crippen molar-refractivity contribution in [1.82, 2.24) is 4.98 Å². The molecule has 0 amide bonds. The van der Waals surface area contributed by atoms with Crippen molar-refractivity contribution in [1.29, 1.82) is 0 Å². The summed E-state index contributed by atoms with van der Waals surface area (Å²) in [5, 5.41) is 0. The summed E-state index contributed by atoms with van der Waals surface area (Å²) in [7, 11) is 0. The first-order valence-corrected chi connectivity index (χ1v) is 4.86. The van der Waals surface area contributed by atoms with Gasteiger partial charge < -0.3 is 5.73 Å². The monoisotopic (exact) mass is 238 g/mol. The van der Waals surface area contributed by atoms with Gasteiger partial charge in [-0.25, -0.2) is 4.98 Å². The van der Waals surface area contributed by atoms with Crippen molar-refractivity contribution >= 4 is 5.82 Å². The molecule has 0 unspecified atom stereocenters. The van der Waals surface area contributed by atoms with Gasteiger partial charge in [-0.3, -0.25) is 0 Å². The summed E-state index contributed by atoms with van der Waals surface area (Å²) in [5.41, 5.74) is 5.22. The van der Waals surface area contributed by atoms with Crippen molar-refractivity contribution in [3.8, 4) is 11.1 Å². The van der Waals surface area contributed by atoms with Crippen molar-refractivity contribution in [3.63, 3.8) is 0 Å². The van der Waals surface area contributed by atoms with Gasteiger partial charge in [-0.1, -0.05) is 18.2 Å². The summed E-state index contributed by atoms with van der Waals surface area (Å²) in [6.07, 6.45) is -3.04. The van der Waals surface area contributed by atoms with E-state index in [0.717, 1.165) is 6.07 Å². The lowest BCUT2D eigenvalue weighted by Crippen LogP contribution is -2.06. The molecule has 1 heterocycles. The number of benzene rings is 1. The molecule has 0 aliphatic rings. The van der Waals surface area contributed by atoms with Crippen LogP contribution in [0.3, 0.4) is 0 Å². The van der Waals surface area contributed by atoms with Gasteiger partial charge in [-0.15, -0.1) is 0 Å². The normalized spacial score (nSPS) is 11.5. The molecule has 1 aromatic carbocycles. The van der Waals surface area contributed by atoms with Crippen LogP contribution in [0, 0.1) is 0 Å². The van der Waals surface area contributed by atoms with E-state index >= 15 is 0 Å². The van der Waals surface area contributed by atoms with Gasteiger partial charge in [0.2, 0.25) is 0 Å². The lowest BCUT2D eigenvalue weighted by Gasteiger charge is -2.12. The molecule has 2 N–H and O–H groups in total. The van der Waals surface area contributed by atoms with Crippen LogP contribution in [0.25, 0.3) is 11.1 Å². The molecule has 0 radical (unpaired) electrons. The number of halogens is 3. The second-order valence-corrected chi connectivity index (χ2v) is 3.52. The van der Waals surface area contributed by atoms with Gasteiger partial charge in [-0.2, -0.15) is 13.2 Å². The topological polar surface area (TPSA) is 38.9 Å². The Labute approximate surface area is 95.9 Å². The van der Waals surface area contributed by atoms with Crippen LogP contribution in [0.2, 0.25) is 0 Å². The number of alkyl halides is 3. The molecule has 0 aliphatic heterocycles. The second kappa shape index (κ2) is 4.08. The van der Waals surface area contributed by atoms with E-state index in [2.05, 4.69) is 4.98 Å². The zero-order valence-electron chi connectivity index (χ0n) is 8.70. The van der Waals surface area contributed by atoms with E-state index in [1.54, 1.807) is 6.07 Å². The second-order valence-electron chi connectivity index (χ2n) is 3.52. The zero-order valence-corrected chi connectivity index (χ0v) is 8.70. The molecule has 2 nitrogen and oxygen atoms in total. The van der Waals surface area contributed by atoms with Crippen LogP contribution in [0.15, 0.2) is 42.6 Å². The van der Waals surface area contributed by atoms with Crippen molar-refractivity contribution in [2.75, 3.05) is 5.73 Å². The standard InChI is InChI=1S/C12H9F3N2/c13-12(14,15)10-4-2-1-3-9(10)8-5-6-11(16)17-7-8/h1-7H,(H2,16,17). The first kappa shape index (κ1) is 11.4. The highest BCUT2D eigenvalue weighted by Gasteiger charge is 2.33. The average molecular weight is 238 g/mol. The molecule has 2 rings (SSSR count). The highest BCUT2D eigenvalue weighted by molar-refractivity contribution is 5.67. The fourth-order valence-electron chi connectivity index (χ4n) is 1.55. The van der Waals surface area contributed by atoms with E-state index < -0.39 is 11.7 Å². The Morgan fingerprint density at radius 2 is 1.71 bits per heavy atom. The van der Waals surface area contributed by atoms with Crippen LogP contribution in [-0.4, -0.2) is 4.98 Å². The molecule has 0 atom stereocenters. The number of hydrogen-bond donors (Lipinski definition) is 1. The number of rotatable bonds is 1. The molecule has 5 heteroatoms. The van der Waals surface area contributed by atoms with Gasteiger partial charge >= 0.3 is 6.18 Å². The van der Waals surface area contributed by atoms with Crippen molar-refractivity contribution in [2.24, 2.45) is 0 Å². The number of nitrogens with two attached hydrogens (primary N) is 1. The number of nitrogen functional groups attached to an aromatic ring is 1. The molecule has 0 spiro atoms. The minimum atomic E-state index is -4.38. The Balaban J connectivity index is 2.56. The molecule has 0 saturated carbocycles. The van der Waals surface area contributed by atoms with Gasteiger partial charge in [0.15, 0.2) is 0 Å².